The van der Waals surface area contributed by atoms with Crippen molar-refractivity contribution in [3.05, 3.63) is 47.8 Å². The molecule has 0 spiro atoms. The fourth-order valence-electron chi connectivity index (χ4n) is 2.28. The number of carbonyl (C=O) groups excluding carboxylic acids is 1. The van der Waals surface area contributed by atoms with E-state index < -0.39 is 11.4 Å². The number of nitrogens with zero attached hydrogens (tertiary/aromatic N) is 4. The lowest BCUT2D eigenvalue weighted by molar-refractivity contribution is -0.149. The molecule has 0 aliphatic carbocycles. The zero-order valence-electron chi connectivity index (χ0n) is 12.8. The zero-order chi connectivity index (χ0) is 16.7. The van der Waals surface area contributed by atoms with Gasteiger partial charge in [0.1, 0.15) is 0 Å². The molecular formula is C17H16N4O2. The van der Waals surface area contributed by atoms with Crippen molar-refractivity contribution in [1.29, 1.82) is 5.26 Å². The summed E-state index contributed by atoms with van der Waals surface area (Å²) in [5.74, 6) is 1.71. The highest BCUT2D eigenvalue weighted by Crippen LogP contribution is 2.27. The SMILES string of the molecule is C#CCC(C#N)(Cc1cn(Cc2ccccc2)nn1)C(=O)OC. The summed E-state index contributed by atoms with van der Waals surface area (Å²) in [6.45, 7) is 0.556. The largest absolute Gasteiger partial charge is 0.468 e. The minimum atomic E-state index is -1.43. The van der Waals surface area contributed by atoms with Gasteiger partial charge in [-0.1, -0.05) is 35.5 Å². The summed E-state index contributed by atoms with van der Waals surface area (Å²) < 4.78 is 6.37. The second-order valence-electron chi connectivity index (χ2n) is 5.14. The van der Waals surface area contributed by atoms with Crippen LogP contribution >= 0.6 is 0 Å². The topological polar surface area (TPSA) is 80.8 Å². The van der Waals surface area contributed by atoms with Crippen LogP contribution in [0, 0.1) is 29.1 Å². The molecule has 0 N–H and O–H groups in total. The average Bonchev–Trinajstić information content (AvgIpc) is 3.01. The highest BCUT2D eigenvalue weighted by molar-refractivity contribution is 5.80. The van der Waals surface area contributed by atoms with Gasteiger partial charge in [0.15, 0.2) is 5.41 Å². The van der Waals surface area contributed by atoms with Gasteiger partial charge in [-0.15, -0.1) is 17.4 Å². The monoisotopic (exact) mass is 308 g/mol. The number of carbonyl (C=O) groups is 1. The van der Waals surface area contributed by atoms with Gasteiger partial charge in [-0.3, -0.25) is 4.79 Å². The maximum Gasteiger partial charge on any atom is 0.327 e. The average molecular weight is 308 g/mol. The fraction of sp³-hybridized carbons (Fsp3) is 0.294. The third-order valence-electron chi connectivity index (χ3n) is 3.45. The number of hydrogen-bond donors (Lipinski definition) is 0. The summed E-state index contributed by atoms with van der Waals surface area (Å²) >= 11 is 0. The lowest BCUT2D eigenvalue weighted by atomic mass is 9.82. The third kappa shape index (κ3) is 3.75. The highest BCUT2D eigenvalue weighted by atomic mass is 16.5. The van der Waals surface area contributed by atoms with E-state index >= 15 is 0 Å². The quantitative estimate of drug-likeness (QED) is 0.598. The molecule has 0 fully saturated rings. The van der Waals surface area contributed by atoms with Crippen molar-refractivity contribution in [1.82, 2.24) is 15.0 Å². The molecule has 0 amide bonds. The van der Waals surface area contributed by atoms with Crippen LogP contribution in [0.4, 0.5) is 0 Å². The molecule has 6 nitrogen and oxygen atoms in total. The maximum atomic E-state index is 12.0. The maximum absolute atomic E-state index is 12.0. The minimum Gasteiger partial charge on any atom is -0.468 e. The third-order valence-corrected chi connectivity index (χ3v) is 3.45. The van der Waals surface area contributed by atoms with E-state index in [1.165, 1.54) is 7.11 Å². The Labute approximate surface area is 134 Å². The normalized spacial score (nSPS) is 12.7. The molecular weight excluding hydrogens is 292 g/mol. The highest BCUT2D eigenvalue weighted by Gasteiger charge is 2.40. The van der Waals surface area contributed by atoms with E-state index in [0.29, 0.717) is 12.2 Å². The Morgan fingerprint density at radius 2 is 2.17 bits per heavy atom. The summed E-state index contributed by atoms with van der Waals surface area (Å²) in [5, 5.41) is 17.5. The molecule has 2 rings (SSSR count). The lowest BCUT2D eigenvalue weighted by Crippen LogP contribution is -2.33. The number of ether oxygens (including phenoxy) is 1. The van der Waals surface area contributed by atoms with Crippen molar-refractivity contribution in [3.8, 4) is 18.4 Å². The predicted molar refractivity (Wildman–Crippen MR) is 82.8 cm³/mol. The molecule has 0 radical (unpaired) electrons. The van der Waals surface area contributed by atoms with Crippen molar-refractivity contribution < 1.29 is 9.53 Å². The van der Waals surface area contributed by atoms with Gasteiger partial charge in [-0.2, -0.15) is 5.26 Å². The fourth-order valence-corrected chi connectivity index (χ4v) is 2.28. The Hall–Kier alpha value is -3.12. The van der Waals surface area contributed by atoms with Gasteiger partial charge in [0.25, 0.3) is 0 Å². The van der Waals surface area contributed by atoms with E-state index in [1.807, 2.05) is 36.4 Å². The van der Waals surface area contributed by atoms with Gasteiger partial charge in [0, 0.05) is 19.0 Å². The van der Waals surface area contributed by atoms with Gasteiger partial charge in [-0.25, -0.2) is 4.68 Å². The first-order valence-corrected chi connectivity index (χ1v) is 6.99. The molecule has 116 valence electrons. The number of rotatable bonds is 6. The van der Waals surface area contributed by atoms with Crippen LogP contribution in [0.5, 0.6) is 0 Å². The molecule has 0 aliphatic heterocycles. The number of hydrogen-bond acceptors (Lipinski definition) is 5. The number of esters is 1. The molecule has 2 aromatic rings. The molecule has 23 heavy (non-hydrogen) atoms. The number of terminal acetylenes is 1. The Morgan fingerprint density at radius 3 is 2.78 bits per heavy atom. The van der Waals surface area contributed by atoms with Crippen LogP contribution in [0.15, 0.2) is 36.5 Å². The van der Waals surface area contributed by atoms with Crippen LogP contribution in [0.3, 0.4) is 0 Å². The summed E-state index contributed by atoms with van der Waals surface area (Å²) in [5.41, 5.74) is 0.159. The summed E-state index contributed by atoms with van der Waals surface area (Å²) in [4.78, 5) is 12.0. The van der Waals surface area contributed by atoms with E-state index in [-0.39, 0.29) is 12.8 Å². The van der Waals surface area contributed by atoms with Crippen LogP contribution < -0.4 is 0 Å². The van der Waals surface area contributed by atoms with Crippen molar-refractivity contribution in [2.24, 2.45) is 5.41 Å². The van der Waals surface area contributed by atoms with Gasteiger partial charge >= 0.3 is 5.97 Å². The molecule has 1 heterocycles. The zero-order valence-corrected chi connectivity index (χ0v) is 12.8. The van der Waals surface area contributed by atoms with E-state index in [9.17, 15) is 10.1 Å². The van der Waals surface area contributed by atoms with E-state index in [4.69, 9.17) is 11.2 Å². The number of aromatic nitrogens is 3. The lowest BCUT2D eigenvalue weighted by Gasteiger charge is -2.19. The summed E-state index contributed by atoms with van der Waals surface area (Å²) in [7, 11) is 1.23. The molecule has 1 unspecified atom stereocenters. The van der Waals surface area contributed by atoms with E-state index in [0.717, 1.165) is 5.56 Å². The van der Waals surface area contributed by atoms with Crippen LogP contribution in [0.1, 0.15) is 17.7 Å². The minimum absolute atomic E-state index is 0.0400. The molecule has 0 aliphatic rings. The molecule has 1 aromatic carbocycles. The van der Waals surface area contributed by atoms with Gasteiger partial charge < -0.3 is 4.74 Å². The number of benzene rings is 1. The van der Waals surface area contributed by atoms with Gasteiger partial charge in [0.05, 0.1) is 25.4 Å². The van der Waals surface area contributed by atoms with Gasteiger partial charge in [0.2, 0.25) is 0 Å². The Balaban J connectivity index is 2.18. The van der Waals surface area contributed by atoms with Crippen LogP contribution in [0.25, 0.3) is 0 Å². The Kier molecular flexibility index (Phi) is 5.11. The first-order valence-electron chi connectivity index (χ1n) is 6.99. The van der Waals surface area contributed by atoms with E-state index in [2.05, 4.69) is 16.2 Å². The first kappa shape index (κ1) is 16.3. The smallest absolute Gasteiger partial charge is 0.327 e. The van der Waals surface area contributed by atoms with Crippen molar-refractivity contribution in [2.45, 2.75) is 19.4 Å². The number of methoxy groups -OCH3 is 1. The summed E-state index contributed by atoms with van der Waals surface area (Å²) in [6.07, 6.45) is 7.03. The van der Waals surface area contributed by atoms with Crippen LogP contribution in [-0.4, -0.2) is 28.1 Å². The molecule has 0 saturated carbocycles. The van der Waals surface area contributed by atoms with Crippen molar-refractivity contribution in [3.63, 3.8) is 0 Å². The second kappa shape index (κ2) is 7.24. The van der Waals surface area contributed by atoms with E-state index in [1.54, 1.807) is 10.9 Å². The summed E-state index contributed by atoms with van der Waals surface area (Å²) in [6, 6.07) is 11.8. The molecule has 0 saturated heterocycles. The Morgan fingerprint density at radius 1 is 1.43 bits per heavy atom. The van der Waals surface area contributed by atoms with Crippen molar-refractivity contribution >= 4 is 5.97 Å². The first-order chi connectivity index (χ1) is 11.1. The standard InChI is InChI=1S/C17H16N4O2/c1-3-9-17(13-18,16(22)23-2)10-15-12-21(20-19-15)11-14-7-5-4-6-8-14/h1,4-8,12H,9-11H2,2H3. The van der Waals surface area contributed by atoms with Crippen molar-refractivity contribution in [2.75, 3.05) is 7.11 Å². The molecule has 6 heteroatoms. The second-order valence-corrected chi connectivity index (χ2v) is 5.14. The number of nitriles is 1. The Bertz CT molecular complexity index is 755. The molecule has 1 atom stereocenters. The van der Waals surface area contributed by atoms with Gasteiger partial charge in [-0.05, 0) is 5.56 Å². The van der Waals surface area contributed by atoms with Crippen LogP contribution in [0.2, 0.25) is 0 Å². The predicted octanol–water partition coefficient (Wildman–Crippen LogP) is 1.58. The molecule has 0 bridgehead atoms. The molecule has 1 aromatic heterocycles. The van der Waals surface area contributed by atoms with Crippen LogP contribution in [-0.2, 0) is 22.5 Å².